The van der Waals surface area contributed by atoms with E-state index in [1.54, 1.807) is 30.3 Å². The molecule has 1 fully saturated rings. The molecule has 0 N–H and O–H groups in total. The van der Waals surface area contributed by atoms with Crippen molar-refractivity contribution in [3.63, 3.8) is 0 Å². The van der Waals surface area contributed by atoms with Gasteiger partial charge in [0.05, 0.1) is 12.0 Å². The predicted octanol–water partition coefficient (Wildman–Crippen LogP) is 2.41. The third-order valence-corrected chi connectivity index (χ3v) is 7.73. The first-order valence-electron chi connectivity index (χ1n) is 11.7. The van der Waals surface area contributed by atoms with Gasteiger partial charge in [-0.05, 0) is 30.2 Å². The SMILES string of the molecule is COC1=C(C(=O)OCc2ccccc2)N2C(=O)[C@H](C(C)OC(=O)OCc3ccc([N+](=O)[O-])cc3)[C@@H]2[S@@+]([O-])C1=[N+]=[N-]. The largest absolute Gasteiger partial charge is 0.604 e. The second-order valence-electron chi connectivity index (χ2n) is 8.56. The van der Waals surface area contributed by atoms with Crippen molar-refractivity contribution in [2.75, 3.05) is 7.11 Å². The van der Waals surface area contributed by atoms with Crippen molar-refractivity contribution in [2.24, 2.45) is 5.92 Å². The normalized spacial score (nSPS) is 20.5. The topological polar surface area (TPSA) is 194 Å². The number of carbonyl (C=O) groups is 3. The average molecular weight is 571 g/mol. The fourth-order valence-electron chi connectivity index (χ4n) is 4.17. The maximum Gasteiger partial charge on any atom is 0.529 e. The Morgan fingerprint density at radius 2 is 1.73 bits per heavy atom. The van der Waals surface area contributed by atoms with Crippen LogP contribution in [0.4, 0.5) is 10.5 Å². The molecule has 15 heteroatoms. The lowest BCUT2D eigenvalue weighted by Gasteiger charge is -2.47. The van der Waals surface area contributed by atoms with E-state index in [1.165, 1.54) is 31.2 Å². The third kappa shape index (κ3) is 5.52. The molecule has 0 aliphatic carbocycles. The number of carbonyl (C=O) groups excluding carboxylic acids is 3. The van der Waals surface area contributed by atoms with E-state index in [0.717, 1.165) is 12.0 Å². The second kappa shape index (κ2) is 12.0. The van der Waals surface area contributed by atoms with Gasteiger partial charge in [0, 0.05) is 12.1 Å². The van der Waals surface area contributed by atoms with Gasteiger partial charge in [-0.15, -0.1) is 4.79 Å². The van der Waals surface area contributed by atoms with Crippen LogP contribution in [-0.4, -0.2) is 60.8 Å². The van der Waals surface area contributed by atoms with Gasteiger partial charge in [-0.1, -0.05) is 30.3 Å². The molecule has 4 atom stereocenters. The minimum Gasteiger partial charge on any atom is -0.604 e. The van der Waals surface area contributed by atoms with Gasteiger partial charge in [0.25, 0.3) is 11.4 Å². The Morgan fingerprint density at radius 1 is 1.10 bits per heavy atom. The zero-order valence-corrected chi connectivity index (χ0v) is 21.9. The van der Waals surface area contributed by atoms with Gasteiger partial charge in [0.2, 0.25) is 11.3 Å². The summed E-state index contributed by atoms with van der Waals surface area (Å²) < 4.78 is 33.9. The van der Waals surface area contributed by atoms with Crippen molar-refractivity contribution < 1.29 is 47.6 Å². The van der Waals surface area contributed by atoms with Gasteiger partial charge in [-0.25, -0.2) is 9.59 Å². The van der Waals surface area contributed by atoms with Crippen LogP contribution in [0.2, 0.25) is 0 Å². The van der Waals surface area contributed by atoms with Crippen molar-refractivity contribution in [3.8, 4) is 0 Å². The molecule has 2 aromatic carbocycles. The van der Waals surface area contributed by atoms with Crippen LogP contribution in [0.25, 0.3) is 5.53 Å². The van der Waals surface area contributed by atoms with Crippen LogP contribution >= 0.6 is 0 Å². The second-order valence-corrected chi connectivity index (χ2v) is 10.0. The first-order chi connectivity index (χ1) is 19.2. The van der Waals surface area contributed by atoms with Crippen molar-refractivity contribution in [1.29, 1.82) is 0 Å². The maximum absolute atomic E-state index is 13.2. The lowest BCUT2D eigenvalue weighted by Crippen LogP contribution is -2.70. The summed E-state index contributed by atoms with van der Waals surface area (Å²) in [7, 11) is 1.15. The number of fused-ring (bicyclic) bond motifs is 1. The number of benzene rings is 2. The van der Waals surface area contributed by atoms with E-state index in [4.69, 9.17) is 18.9 Å². The number of amides is 1. The molecular formula is C25H22N4O10S. The summed E-state index contributed by atoms with van der Waals surface area (Å²) in [6.07, 6.45) is -2.31. The lowest BCUT2D eigenvalue weighted by molar-refractivity contribution is -0.384. The molecule has 2 heterocycles. The zero-order valence-electron chi connectivity index (χ0n) is 21.1. The Morgan fingerprint density at radius 3 is 2.33 bits per heavy atom. The number of hydrogen-bond donors (Lipinski definition) is 0. The van der Waals surface area contributed by atoms with Gasteiger partial charge in [-0.3, -0.25) is 19.8 Å². The monoisotopic (exact) mass is 570 g/mol. The number of rotatable bonds is 9. The number of non-ortho nitro benzene ring substituents is 1. The van der Waals surface area contributed by atoms with Crippen LogP contribution < -0.4 is 0 Å². The fourth-order valence-corrected chi connectivity index (χ4v) is 5.85. The van der Waals surface area contributed by atoms with E-state index in [1.807, 2.05) is 0 Å². The number of β-lactam (4-membered cyclic amide) rings is 1. The molecule has 14 nitrogen and oxygen atoms in total. The Balaban J connectivity index is 1.46. The van der Waals surface area contributed by atoms with Crippen LogP contribution in [0, 0.1) is 16.0 Å². The number of hydrogen-bond acceptors (Lipinski definition) is 10. The van der Waals surface area contributed by atoms with Crippen molar-refractivity contribution in [2.45, 2.75) is 31.6 Å². The van der Waals surface area contributed by atoms with Gasteiger partial charge < -0.3 is 29.0 Å². The Bertz CT molecular complexity index is 1410. The van der Waals surface area contributed by atoms with Gasteiger partial charge in [0.1, 0.15) is 36.4 Å². The molecule has 208 valence electrons. The summed E-state index contributed by atoms with van der Waals surface area (Å²) in [5, 5.41) is 9.05. The quantitative estimate of drug-likeness (QED) is 0.0821. The molecule has 1 saturated heterocycles. The van der Waals surface area contributed by atoms with Crippen molar-refractivity contribution in [3.05, 3.63) is 92.8 Å². The standard InChI is InChI=1S/C25H22N4O10S/c1-14(39-25(32)38-13-16-8-10-17(11-9-16)29(33)34)18-22(30)28-19(20(36-2)21(27-26)40(35)23(18)28)24(31)37-12-15-6-4-3-5-7-15/h3-11,14,18,23H,12-13H2,1-2H3/t14?,18-,23-,40-/m0/s1. The summed E-state index contributed by atoms with van der Waals surface area (Å²) in [4.78, 5) is 52.6. The highest BCUT2D eigenvalue weighted by Crippen LogP contribution is 2.43. The number of ether oxygens (including phenoxy) is 4. The highest BCUT2D eigenvalue weighted by Gasteiger charge is 2.68. The minimum absolute atomic E-state index is 0.131. The number of nitro benzene ring substituents is 1. The highest BCUT2D eigenvalue weighted by atomic mass is 32.2. The van der Waals surface area contributed by atoms with Crippen LogP contribution in [-0.2, 0) is 52.9 Å². The third-order valence-electron chi connectivity index (χ3n) is 6.14. The van der Waals surface area contributed by atoms with Crippen LogP contribution in [0.5, 0.6) is 0 Å². The van der Waals surface area contributed by atoms with E-state index in [9.17, 15) is 34.6 Å². The van der Waals surface area contributed by atoms with E-state index in [-0.39, 0.29) is 18.9 Å². The maximum atomic E-state index is 13.2. The van der Waals surface area contributed by atoms with E-state index in [0.29, 0.717) is 11.1 Å². The molecule has 1 amide bonds. The lowest BCUT2D eigenvalue weighted by atomic mass is 9.91. The summed E-state index contributed by atoms with van der Waals surface area (Å²) in [5.41, 5.74) is 10.1. The van der Waals surface area contributed by atoms with E-state index < -0.39 is 68.0 Å². The molecule has 0 aromatic heterocycles. The summed E-state index contributed by atoms with van der Waals surface area (Å²) in [6, 6.07) is 14.0. The Kier molecular flexibility index (Phi) is 8.48. The summed E-state index contributed by atoms with van der Waals surface area (Å²) >= 11 is -2.17. The van der Waals surface area contributed by atoms with Crippen LogP contribution in [0.1, 0.15) is 18.1 Å². The molecule has 0 saturated carbocycles. The first-order valence-corrected chi connectivity index (χ1v) is 12.9. The Labute approximate surface area is 230 Å². The highest BCUT2D eigenvalue weighted by molar-refractivity contribution is 8.07. The van der Waals surface area contributed by atoms with Gasteiger partial charge >= 0.3 is 17.2 Å². The summed E-state index contributed by atoms with van der Waals surface area (Å²) in [5.74, 6) is -3.25. The molecule has 2 aliphatic rings. The molecule has 0 bridgehead atoms. The van der Waals surface area contributed by atoms with E-state index in [2.05, 4.69) is 4.79 Å². The average Bonchev–Trinajstić information content (AvgIpc) is 2.95. The number of methoxy groups -OCH3 is 1. The van der Waals surface area contributed by atoms with Crippen molar-refractivity contribution >= 4 is 39.9 Å². The predicted molar refractivity (Wildman–Crippen MR) is 135 cm³/mol. The molecular weight excluding hydrogens is 548 g/mol. The van der Waals surface area contributed by atoms with Crippen molar-refractivity contribution in [1.82, 2.24) is 4.90 Å². The molecule has 0 spiro atoms. The molecule has 0 radical (unpaired) electrons. The molecule has 2 aromatic rings. The smallest absolute Gasteiger partial charge is 0.529 e. The van der Waals surface area contributed by atoms with E-state index >= 15 is 0 Å². The molecule has 2 aliphatic heterocycles. The fraction of sp³-hybridized carbons (Fsp3) is 0.280. The van der Waals surface area contributed by atoms with Crippen LogP contribution in [0.3, 0.4) is 0 Å². The Hall–Kier alpha value is -4.72. The first kappa shape index (κ1) is 28.3. The number of esters is 1. The number of nitro groups is 1. The summed E-state index contributed by atoms with van der Waals surface area (Å²) in [6.45, 7) is 0.982. The molecule has 1 unspecified atom stereocenters. The minimum atomic E-state index is -2.17. The molecule has 40 heavy (non-hydrogen) atoms. The van der Waals surface area contributed by atoms with Gasteiger partial charge in [0.15, 0.2) is 5.70 Å². The molecule has 4 rings (SSSR count). The zero-order chi connectivity index (χ0) is 29.0. The number of nitrogens with zero attached hydrogens (tertiary/aromatic N) is 4. The van der Waals surface area contributed by atoms with Crippen LogP contribution in [0.15, 0.2) is 66.1 Å². The van der Waals surface area contributed by atoms with Gasteiger partial charge in [-0.2, -0.15) is 0 Å².